The van der Waals surface area contributed by atoms with Crippen molar-refractivity contribution in [3.05, 3.63) is 23.7 Å². The van der Waals surface area contributed by atoms with E-state index in [0.717, 1.165) is 25.9 Å². The zero-order chi connectivity index (χ0) is 13.9. The molecule has 6 nitrogen and oxygen atoms in total. The number of Topliss-reactive ketones (excluding diaryl/α,β-unsaturated/α-hetero) is 1. The maximum Gasteiger partial charge on any atom is 0.232 e. The van der Waals surface area contributed by atoms with E-state index in [1.807, 2.05) is 0 Å². The number of rotatable bonds is 2. The molecule has 1 aromatic rings. The van der Waals surface area contributed by atoms with Gasteiger partial charge in [-0.25, -0.2) is 9.97 Å². The zero-order valence-electron chi connectivity index (χ0n) is 11.1. The molecule has 0 saturated carbocycles. The lowest BCUT2D eigenvalue weighted by molar-refractivity contribution is -0.121. The van der Waals surface area contributed by atoms with Crippen LogP contribution in [0.25, 0.3) is 6.08 Å². The fourth-order valence-electron chi connectivity index (χ4n) is 2.46. The highest BCUT2D eigenvalue weighted by Crippen LogP contribution is 2.17. The number of allylic oxidation sites excluding steroid dienone is 1. The fourth-order valence-corrected chi connectivity index (χ4v) is 2.46. The summed E-state index contributed by atoms with van der Waals surface area (Å²) in [6.07, 6.45) is 6.79. The molecular formula is C14H16N4O2. The summed E-state index contributed by atoms with van der Waals surface area (Å²) in [4.78, 5) is 33.6. The van der Waals surface area contributed by atoms with Gasteiger partial charge in [0.15, 0.2) is 5.78 Å². The third kappa shape index (κ3) is 2.68. The number of ketones is 1. The van der Waals surface area contributed by atoms with Crippen LogP contribution < -0.4 is 10.2 Å². The van der Waals surface area contributed by atoms with Crippen molar-refractivity contribution in [1.82, 2.24) is 15.3 Å². The SMILES string of the molecule is O=C1CC(=O)/C(=C/c2ccnc(N3CCCCC3)n2)N1. The Morgan fingerprint density at radius 1 is 1.20 bits per heavy atom. The lowest BCUT2D eigenvalue weighted by Gasteiger charge is -2.26. The van der Waals surface area contributed by atoms with Crippen LogP contribution in [0.4, 0.5) is 5.95 Å². The lowest BCUT2D eigenvalue weighted by Crippen LogP contribution is -2.31. The highest BCUT2D eigenvalue weighted by molar-refractivity contribution is 6.16. The number of amides is 1. The normalized spacial score (nSPS) is 21.4. The first-order valence-electron chi connectivity index (χ1n) is 6.85. The lowest BCUT2D eigenvalue weighted by atomic mass is 10.1. The van der Waals surface area contributed by atoms with Crippen molar-refractivity contribution in [2.24, 2.45) is 0 Å². The number of nitrogens with one attached hydrogen (secondary N) is 1. The summed E-state index contributed by atoms with van der Waals surface area (Å²) in [6.45, 7) is 1.94. The number of carbonyl (C=O) groups excluding carboxylic acids is 2. The van der Waals surface area contributed by atoms with Crippen LogP contribution in [-0.2, 0) is 9.59 Å². The largest absolute Gasteiger partial charge is 0.341 e. The molecule has 1 aromatic heterocycles. The number of hydrogen-bond acceptors (Lipinski definition) is 5. The van der Waals surface area contributed by atoms with Crippen molar-refractivity contribution >= 4 is 23.7 Å². The van der Waals surface area contributed by atoms with E-state index in [4.69, 9.17) is 0 Å². The van der Waals surface area contributed by atoms with Crippen molar-refractivity contribution in [3.8, 4) is 0 Å². The molecule has 2 aliphatic rings. The van der Waals surface area contributed by atoms with Crippen molar-refractivity contribution in [2.45, 2.75) is 25.7 Å². The Kier molecular flexibility index (Phi) is 3.45. The fraction of sp³-hybridized carbons (Fsp3) is 0.429. The van der Waals surface area contributed by atoms with Crippen molar-refractivity contribution < 1.29 is 9.59 Å². The summed E-state index contributed by atoms with van der Waals surface area (Å²) in [5, 5.41) is 2.55. The van der Waals surface area contributed by atoms with Crippen LogP contribution in [0, 0.1) is 0 Å². The van der Waals surface area contributed by atoms with Gasteiger partial charge in [-0.15, -0.1) is 0 Å². The Morgan fingerprint density at radius 3 is 2.70 bits per heavy atom. The molecule has 3 heterocycles. The molecule has 20 heavy (non-hydrogen) atoms. The molecule has 3 rings (SSSR count). The molecule has 0 radical (unpaired) electrons. The highest BCUT2D eigenvalue weighted by atomic mass is 16.2. The van der Waals surface area contributed by atoms with Crippen LogP contribution in [0.5, 0.6) is 0 Å². The smallest absolute Gasteiger partial charge is 0.232 e. The molecule has 0 aliphatic carbocycles. The van der Waals surface area contributed by atoms with E-state index in [-0.39, 0.29) is 18.1 Å². The van der Waals surface area contributed by atoms with Crippen LogP contribution in [0.1, 0.15) is 31.4 Å². The second-order valence-electron chi connectivity index (χ2n) is 5.04. The van der Waals surface area contributed by atoms with Gasteiger partial charge in [0.25, 0.3) is 0 Å². The molecule has 2 aliphatic heterocycles. The Balaban J connectivity index is 1.82. The van der Waals surface area contributed by atoms with Gasteiger partial charge in [0.2, 0.25) is 11.9 Å². The summed E-state index contributed by atoms with van der Waals surface area (Å²) >= 11 is 0. The van der Waals surface area contributed by atoms with Gasteiger partial charge >= 0.3 is 0 Å². The Labute approximate surface area is 116 Å². The first kappa shape index (κ1) is 12.8. The second-order valence-corrected chi connectivity index (χ2v) is 5.04. The average Bonchev–Trinajstić information content (AvgIpc) is 2.78. The first-order valence-corrected chi connectivity index (χ1v) is 6.85. The molecule has 2 saturated heterocycles. The second kappa shape index (κ2) is 5.40. The van der Waals surface area contributed by atoms with Gasteiger partial charge in [-0.1, -0.05) is 0 Å². The van der Waals surface area contributed by atoms with Crippen molar-refractivity contribution in [1.29, 1.82) is 0 Å². The summed E-state index contributed by atoms with van der Waals surface area (Å²) < 4.78 is 0. The molecule has 0 bridgehead atoms. The molecular weight excluding hydrogens is 256 g/mol. The molecule has 1 amide bonds. The van der Waals surface area contributed by atoms with Gasteiger partial charge in [-0.2, -0.15) is 0 Å². The third-order valence-corrected chi connectivity index (χ3v) is 3.49. The molecule has 0 spiro atoms. The first-order chi connectivity index (χ1) is 9.72. The molecule has 0 unspecified atom stereocenters. The topological polar surface area (TPSA) is 75.2 Å². The van der Waals surface area contributed by atoms with Crippen LogP contribution in [0.15, 0.2) is 18.0 Å². The Hall–Kier alpha value is -2.24. The molecule has 104 valence electrons. The number of hydrogen-bond donors (Lipinski definition) is 1. The van der Waals surface area contributed by atoms with Gasteiger partial charge in [0.05, 0.1) is 17.8 Å². The van der Waals surface area contributed by atoms with Crippen molar-refractivity contribution in [3.63, 3.8) is 0 Å². The molecule has 0 atom stereocenters. The molecule has 6 heteroatoms. The van der Waals surface area contributed by atoms with Gasteiger partial charge in [0.1, 0.15) is 0 Å². The summed E-state index contributed by atoms with van der Waals surface area (Å²) in [5.74, 6) is 0.246. The van der Waals surface area contributed by atoms with Crippen LogP contribution in [-0.4, -0.2) is 34.7 Å². The average molecular weight is 272 g/mol. The van der Waals surface area contributed by atoms with E-state index in [2.05, 4.69) is 20.2 Å². The summed E-state index contributed by atoms with van der Waals surface area (Å²) in [5.41, 5.74) is 0.962. The maximum atomic E-state index is 11.6. The van der Waals surface area contributed by atoms with E-state index in [9.17, 15) is 9.59 Å². The number of nitrogens with zero attached hydrogens (tertiary/aromatic N) is 3. The van der Waals surface area contributed by atoms with E-state index >= 15 is 0 Å². The zero-order valence-corrected chi connectivity index (χ0v) is 11.1. The number of carbonyl (C=O) groups is 2. The predicted octanol–water partition coefficient (Wildman–Crippen LogP) is 0.897. The number of piperidine rings is 1. The summed E-state index contributed by atoms with van der Waals surface area (Å²) in [6, 6.07) is 1.73. The molecule has 0 aromatic carbocycles. The molecule has 2 fully saturated rings. The minimum atomic E-state index is -0.258. The minimum absolute atomic E-state index is 0.0735. The summed E-state index contributed by atoms with van der Waals surface area (Å²) in [7, 11) is 0. The maximum absolute atomic E-state index is 11.6. The van der Waals surface area contributed by atoms with E-state index in [0.29, 0.717) is 17.3 Å². The van der Waals surface area contributed by atoms with Crippen LogP contribution in [0.2, 0.25) is 0 Å². The van der Waals surface area contributed by atoms with E-state index in [1.54, 1.807) is 18.3 Å². The van der Waals surface area contributed by atoms with Gasteiger partial charge in [-0.3, -0.25) is 9.59 Å². The van der Waals surface area contributed by atoms with Crippen molar-refractivity contribution in [2.75, 3.05) is 18.0 Å². The predicted molar refractivity (Wildman–Crippen MR) is 73.8 cm³/mol. The third-order valence-electron chi connectivity index (χ3n) is 3.49. The Bertz CT molecular complexity index is 576. The standard InChI is InChI=1S/C14H16N4O2/c19-12-9-13(20)17-11(12)8-10-4-5-15-14(16-10)18-6-2-1-3-7-18/h4-5,8H,1-3,6-7,9H2,(H,17,20)/b11-8-. The monoisotopic (exact) mass is 272 g/mol. The molecule has 1 N–H and O–H groups in total. The van der Waals surface area contributed by atoms with Crippen LogP contribution in [0.3, 0.4) is 0 Å². The van der Waals surface area contributed by atoms with Gasteiger partial charge < -0.3 is 10.2 Å². The quantitative estimate of drug-likeness (QED) is 0.639. The van der Waals surface area contributed by atoms with E-state index < -0.39 is 0 Å². The minimum Gasteiger partial charge on any atom is -0.341 e. The highest BCUT2D eigenvalue weighted by Gasteiger charge is 2.24. The van der Waals surface area contributed by atoms with Gasteiger partial charge in [0, 0.05) is 19.3 Å². The number of anilines is 1. The van der Waals surface area contributed by atoms with E-state index in [1.165, 1.54) is 6.42 Å². The van der Waals surface area contributed by atoms with Crippen LogP contribution >= 0.6 is 0 Å². The Morgan fingerprint density at radius 2 is 2.00 bits per heavy atom. The number of aromatic nitrogens is 2. The van der Waals surface area contributed by atoms with Gasteiger partial charge in [-0.05, 0) is 31.4 Å².